The lowest BCUT2D eigenvalue weighted by Crippen LogP contribution is -2.44. The van der Waals surface area contributed by atoms with E-state index in [4.69, 9.17) is 0 Å². The summed E-state index contributed by atoms with van der Waals surface area (Å²) in [7, 11) is 1.51. The molecule has 0 bridgehead atoms. The van der Waals surface area contributed by atoms with Gasteiger partial charge in [0, 0.05) is 39.3 Å². The van der Waals surface area contributed by atoms with E-state index in [1.807, 2.05) is 13.8 Å². The van der Waals surface area contributed by atoms with Crippen molar-refractivity contribution in [1.82, 2.24) is 24.4 Å². The molecule has 2 N–H and O–H groups in total. The molecule has 1 aliphatic rings. The van der Waals surface area contributed by atoms with E-state index >= 15 is 0 Å². The van der Waals surface area contributed by atoms with Crippen LogP contribution in [-0.2, 0) is 7.05 Å². The van der Waals surface area contributed by atoms with E-state index in [0.29, 0.717) is 17.1 Å². The molecule has 0 aliphatic carbocycles. The Bertz CT molecular complexity index is 796. The summed E-state index contributed by atoms with van der Waals surface area (Å²) in [5, 5.41) is 3.28. The number of fused-ring (bicyclic) bond motifs is 1. The number of aromatic nitrogens is 4. The van der Waals surface area contributed by atoms with Crippen molar-refractivity contribution in [3.05, 3.63) is 20.8 Å². The van der Waals surface area contributed by atoms with Crippen molar-refractivity contribution in [3.8, 4) is 0 Å². The van der Waals surface area contributed by atoms with Crippen LogP contribution in [0.1, 0.15) is 26.3 Å². The maximum absolute atomic E-state index is 12.4. The highest BCUT2D eigenvalue weighted by Crippen LogP contribution is 2.18. The van der Waals surface area contributed by atoms with Crippen LogP contribution >= 0.6 is 0 Å². The predicted octanol–water partition coefficient (Wildman–Crippen LogP) is -0.196. The predicted molar refractivity (Wildman–Crippen MR) is 85.7 cm³/mol. The first-order chi connectivity index (χ1) is 10.5. The minimum absolute atomic E-state index is 0.0130. The number of hydrogen-bond acceptors (Lipinski definition) is 5. The van der Waals surface area contributed by atoms with Gasteiger partial charge in [-0.25, -0.2) is 4.79 Å². The first-order valence-corrected chi connectivity index (χ1v) is 7.71. The molecule has 0 spiro atoms. The molecule has 3 rings (SSSR count). The number of nitrogens with zero attached hydrogens (tertiary/aromatic N) is 4. The molecule has 3 heterocycles. The van der Waals surface area contributed by atoms with E-state index < -0.39 is 0 Å². The normalized spacial score (nSPS) is 17.1. The highest BCUT2D eigenvalue weighted by Gasteiger charge is 2.21. The van der Waals surface area contributed by atoms with E-state index in [1.165, 1.54) is 7.05 Å². The van der Waals surface area contributed by atoms with Crippen molar-refractivity contribution in [2.75, 3.05) is 31.1 Å². The van der Waals surface area contributed by atoms with Crippen LogP contribution in [0.3, 0.4) is 0 Å². The van der Waals surface area contributed by atoms with E-state index in [0.717, 1.165) is 37.2 Å². The number of nitrogens with one attached hydrogen (secondary N) is 2. The minimum Gasteiger partial charge on any atom is -0.340 e. The first kappa shape index (κ1) is 14.8. The van der Waals surface area contributed by atoms with Gasteiger partial charge in [0.05, 0.1) is 0 Å². The fraction of sp³-hybridized carbons (Fsp3) is 0.643. The smallest absolute Gasteiger partial charge is 0.332 e. The third-order valence-electron chi connectivity index (χ3n) is 4.36. The average Bonchev–Trinajstić information content (AvgIpc) is 2.98. The fourth-order valence-corrected chi connectivity index (χ4v) is 2.79. The molecule has 0 amide bonds. The van der Waals surface area contributed by atoms with Crippen molar-refractivity contribution >= 4 is 17.1 Å². The number of rotatable bonds is 3. The van der Waals surface area contributed by atoms with E-state index in [1.54, 1.807) is 4.57 Å². The Morgan fingerprint density at radius 2 is 1.95 bits per heavy atom. The molecule has 0 radical (unpaired) electrons. The molecule has 1 saturated heterocycles. The van der Waals surface area contributed by atoms with Gasteiger partial charge in [-0.2, -0.15) is 4.98 Å². The molecular formula is C14H22N6O2. The molecule has 8 heteroatoms. The van der Waals surface area contributed by atoms with Crippen LogP contribution in [0, 0.1) is 0 Å². The largest absolute Gasteiger partial charge is 0.340 e. The van der Waals surface area contributed by atoms with Crippen molar-refractivity contribution < 1.29 is 0 Å². The molecule has 1 unspecified atom stereocenters. The topological polar surface area (TPSA) is 88.0 Å². The van der Waals surface area contributed by atoms with Gasteiger partial charge in [0.15, 0.2) is 11.2 Å². The number of piperazine rings is 1. The zero-order chi connectivity index (χ0) is 15.9. The Morgan fingerprint density at radius 1 is 1.27 bits per heavy atom. The molecule has 8 nitrogen and oxygen atoms in total. The van der Waals surface area contributed by atoms with Gasteiger partial charge >= 0.3 is 5.69 Å². The fourth-order valence-electron chi connectivity index (χ4n) is 2.79. The summed E-state index contributed by atoms with van der Waals surface area (Å²) >= 11 is 0. The molecule has 2 aromatic heterocycles. The second kappa shape index (κ2) is 5.60. The highest BCUT2D eigenvalue weighted by molar-refractivity contribution is 5.73. The first-order valence-electron chi connectivity index (χ1n) is 7.71. The summed E-state index contributed by atoms with van der Waals surface area (Å²) in [6.45, 7) is 7.39. The summed E-state index contributed by atoms with van der Waals surface area (Å²) in [5.41, 5.74) is 0.213. The van der Waals surface area contributed by atoms with Crippen LogP contribution in [0.4, 0.5) is 5.95 Å². The Kier molecular flexibility index (Phi) is 3.78. The van der Waals surface area contributed by atoms with Crippen molar-refractivity contribution in [2.45, 2.75) is 26.3 Å². The van der Waals surface area contributed by atoms with Gasteiger partial charge in [-0.3, -0.25) is 13.9 Å². The van der Waals surface area contributed by atoms with E-state index in [2.05, 4.69) is 20.2 Å². The van der Waals surface area contributed by atoms with Gasteiger partial charge in [-0.05, 0) is 13.3 Å². The molecule has 2 aromatic rings. The van der Waals surface area contributed by atoms with Crippen molar-refractivity contribution in [3.63, 3.8) is 0 Å². The van der Waals surface area contributed by atoms with Gasteiger partial charge in [0.2, 0.25) is 5.95 Å². The standard InChI is InChI=1S/C14H22N6O2/c1-4-9(2)20-11-10(12(21)18(3)14(20)22)16-13(17-11)19-7-5-15-6-8-19/h9,15H,4-8H2,1-3H3,(H,16,17). The number of imidazole rings is 1. The van der Waals surface area contributed by atoms with Gasteiger partial charge in [0.1, 0.15) is 0 Å². The molecular weight excluding hydrogens is 284 g/mol. The highest BCUT2D eigenvalue weighted by atomic mass is 16.2. The zero-order valence-corrected chi connectivity index (χ0v) is 13.2. The molecule has 0 saturated carbocycles. The molecule has 1 fully saturated rings. The van der Waals surface area contributed by atoms with Crippen LogP contribution in [0.5, 0.6) is 0 Å². The number of hydrogen-bond donors (Lipinski definition) is 2. The third-order valence-corrected chi connectivity index (χ3v) is 4.36. The summed E-state index contributed by atoms with van der Waals surface area (Å²) < 4.78 is 2.76. The van der Waals surface area contributed by atoms with Crippen LogP contribution in [0.15, 0.2) is 9.59 Å². The molecule has 1 atom stereocenters. The van der Waals surface area contributed by atoms with Crippen LogP contribution in [0.25, 0.3) is 11.2 Å². The average molecular weight is 306 g/mol. The third kappa shape index (κ3) is 2.23. The molecule has 22 heavy (non-hydrogen) atoms. The second-order valence-electron chi connectivity index (χ2n) is 5.77. The van der Waals surface area contributed by atoms with Crippen molar-refractivity contribution in [2.24, 2.45) is 7.05 Å². The zero-order valence-electron chi connectivity index (χ0n) is 13.2. The number of H-pyrrole nitrogens is 1. The lowest BCUT2D eigenvalue weighted by Gasteiger charge is -2.26. The summed E-state index contributed by atoms with van der Waals surface area (Å²) in [6.07, 6.45) is 0.795. The van der Waals surface area contributed by atoms with Gasteiger partial charge < -0.3 is 15.2 Å². The molecule has 120 valence electrons. The number of anilines is 1. The van der Waals surface area contributed by atoms with Gasteiger partial charge in [-0.15, -0.1) is 0 Å². The van der Waals surface area contributed by atoms with Crippen LogP contribution < -0.4 is 21.5 Å². The van der Waals surface area contributed by atoms with Crippen molar-refractivity contribution in [1.29, 1.82) is 0 Å². The Balaban J connectivity index is 2.23. The van der Waals surface area contributed by atoms with E-state index in [-0.39, 0.29) is 17.3 Å². The lowest BCUT2D eigenvalue weighted by molar-refractivity contribution is 0.499. The monoisotopic (exact) mass is 306 g/mol. The maximum Gasteiger partial charge on any atom is 0.332 e. The van der Waals surface area contributed by atoms with E-state index in [9.17, 15) is 9.59 Å². The summed E-state index contributed by atoms with van der Waals surface area (Å²) in [4.78, 5) is 34.6. The van der Waals surface area contributed by atoms with Crippen LogP contribution in [-0.4, -0.2) is 45.3 Å². The lowest BCUT2D eigenvalue weighted by atomic mass is 10.2. The van der Waals surface area contributed by atoms with Gasteiger partial charge in [0.25, 0.3) is 5.56 Å². The van der Waals surface area contributed by atoms with Crippen LogP contribution in [0.2, 0.25) is 0 Å². The molecule has 0 aromatic carbocycles. The summed E-state index contributed by atoms with van der Waals surface area (Å²) in [6, 6.07) is -0.0130. The Labute approximate surface area is 127 Å². The Morgan fingerprint density at radius 3 is 2.59 bits per heavy atom. The maximum atomic E-state index is 12.4. The minimum atomic E-state index is -0.326. The molecule has 1 aliphatic heterocycles. The van der Waals surface area contributed by atoms with Gasteiger partial charge in [-0.1, -0.05) is 6.92 Å². The quantitative estimate of drug-likeness (QED) is 0.820. The SMILES string of the molecule is CCC(C)n1c(=O)n(C)c(=O)c2[nH]c(N3CCNCC3)nc21. The Hall–Kier alpha value is -2.09. The second-order valence-corrected chi connectivity index (χ2v) is 5.77. The number of aromatic amines is 1. The summed E-state index contributed by atoms with van der Waals surface area (Å²) in [5.74, 6) is 0.663.